The van der Waals surface area contributed by atoms with E-state index in [0.717, 1.165) is 11.6 Å². The average Bonchev–Trinajstić information content (AvgIpc) is 3.61. The van der Waals surface area contributed by atoms with Crippen LogP contribution in [0.5, 0.6) is 0 Å². The van der Waals surface area contributed by atoms with Crippen molar-refractivity contribution < 1.29 is 46.4 Å². The van der Waals surface area contributed by atoms with Gasteiger partial charge in [0.15, 0.2) is 5.69 Å². The molecule has 5 aromatic rings. The third kappa shape index (κ3) is 9.71. The molecule has 0 radical (unpaired) electrons. The number of fused-ring (bicyclic) bond motifs is 1. The Morgan fingerprint density at radius 2 is 1.81 bits per heavy atom. The van der Waals surface area contributed by atoms with Crippen molar-refractivity contribution in [2.45, 2.75) is 46.0 Å². The van der Waals surface area contributed by atoms with Crippen molar-refractivity contribution in [2.24, 2.45) is 5.92 Å². The number of benzene rings is 1. The topological polar surface area (TPSA) is 195 Å². The van der Waals surface area contributed by atoms with E-state index in [2.05, 4.69) is 25.6 Å². The second kappa shape index (κ2) is 16.3. The van der Waals surface area contributed by atoms with Gasteiger partial charge in [-0.3, -0.25) is 19.2 Å². The van der Waals surface area contributed by atoms with Crippen LogP contribution in [0.3, 0.4) is 0 Å². The Morgan fingerprint density at radius 1 is 1.08 bits per heavy atom. The second-order valence-corrected chi connectivity index (χ2v) is 14.4. The highest BCUT2D eigenvalue weighted by Gasteiger charge is 2.34. The summed E-state index contributed by atoms with van der Waals surface area (Å²) < 4.78 is 65.4. The number of anilines is 1. The van der Waals surface area contributed by atoms with Gasteiger partial charge in [-0.1, -0.05) is 44.2 Å². The minimum atomic E-state index is -4.74. The summed E-state index contributed by atoms with van der Waals surface area (Å²) in [5.41, 5.74) is -1.58. The van der Waals surface area contributed by atoms with Crippen molar-refractivity contribution in [1.29, 1.82) is 0 Å². The van der Waals surface area contributed by atoms with Crippen molar-refractivity contribution in [3.8, 4) is 21.7 Å². The van der Waals surface area contributed by atoms with Crippen LogP contribution >= 0.6 is 19.2 Å². The zero-order valence-corrected chi connectivity index (χ0v) is 30.2. The first-order valence-electron chi connectivity index (χ1n) is 16.1. The molecule has 0 saturated heterocycles. The standard InChI is InChI=1S/C34H34F3N6O8PS/c1-4-38-33(47)42-28-12-23(31-41-27(18-53-31)34(35,36)37)25(14-39-28)21-11-24-29(44)26(32(45)46)15-43(30(24)40-13-21)22(10-19(2)3)17-51-52(48,49)50-16-20-8-6-5-7-9-20/h5-9,11-15,18-19,22H,4,10,16-17H2,1-3H3,(H,45,46)(H,48,49)(H2,38,39,42,47). The van der Waals surface area contributed by atoms with Crippen LogP contribution in [0.2, 0.25) is 0 Å². The molecule has 1 aromatic carbocycles. The maximum absolute atomic E-state index is 13.6. The number of urea groups is 1. The predicted octanol–water partition coefficient (Wildman–Crippen LogP) is 7.36. The molecule has 4 aromatic heterocycles. The molecule has 53 heavy (non-hydrogen) atoms. The molecule has 0 aliphatic carbocycles. The van der Waals surface area contributed by atoms with Gasteiger partial charge in [-0.15, -0.1) is 11.3 Å². The smallest absolute Gasteiger partial charge is 0.472 e. The summed E-state index contributed by atoms with van der Waals surface area (Å²) in [6.45, 7) is 5.08. The molecule has 0 fully saturated rings. The van der Waals surface area contributed by atoms with Crippen LogP contribution in [-0.4, -0.2) is 54.7 Å². The van der Waals surface area contributed by atoms with Crippen molar-refractivity contribution in [1.82, 2.24) is 24.8 Å². The van der Waals surface area contributed by atoms with Gasteiger partial charge in [0.1, 0.15) is 22.0 Å². The molecule has 14 nitrogen and oxygen atoms in total. The maximum Gasteiger partial charge on any atom is 0.472 e. The molecular formula is C34H34F3N6O8PS. The number of aromatic carboxylic acids is 1. The van der Waals surface area contributed by atoms with Gasteiger partial charge in [-0.25, -0.2) is 29.1 Å². The van der Waals surface area contributed by atoms with Crippen molar-refractivity contribution in [3.63, 3.8) is 0 Å². The summed E-state index contributed by atoms with van der Waals surface area (Å²) in [5.74, 6) is -1.60. The maximum atomic E-state index is 13.6. The number of alkyl halides is 3. The summed E-state index contributed by atoms with van der Waals surface area (Å²) in [5, 5.41) is 15.6. The molecule has 0 spiro atoms. The lowest BCUT2D eigenvalue weighted by Crippen LogP contribution is -2.28. The number of amides is 2. The first-order valence-corrected chi connectivity index (χ1v) is 18.5. The lowest BCUT2D eigenvalue weighted by molar-refractivity contribution is -0.140. The van der Waals surface area contributed by atoms with Crippen LogP contribution in [-0.2, 0) is 26.4 Å². The third-order valence-corrected chi connectivity index (χ3v) is 9.53. The predicted molar refractivity (Wildman–Crippen MR) is 190 cm³/mol. The molecule has 4 heterocycles. The largest absolute Gasteiger partial charge is 0.477 e. The molecule has 2 atom stereocenters. The van der Waals surface area contributed by atoms with Gasteiger partial charge in [-0.05, 0) is 37.0 Å². The van der Waals surface area contributed by atoms with Crippen LogP contribution in [0.1, 0.15) is 54.8 Å². The number of aromatic nitrogens is 4. The van der Waals surface area contributed by atoms with E-state index in [9.17, 15) is 42.1 Å². The van der Waals surface area contributed by atoms with Crippen LogP contribution in [0.25, 0.3) is 32.7 Å². The highest BCUT2D eigenvalue weighted by Crippen LogP contribution is 2.45. The van der Waals surface area contributed by atoms with Crippen molar-refractivity contribution in [3.05, 3.63) is 93.5 Å². The lowest BCUT2D eigenvalue weighted by atomic mass is 10.0. The summed E-state index contributed by atoms with van der Waals surface area (Å²) in [4.78, 5) is 61.1. The second-order valence-electron chi connectivity index (χ2n) is 12.1. The fourth-order valence-corrected chi connectivity index (χ4v) is 6.95. The van der Waals surface area contributed by atoms with Gasteiger partial charge < -0.3 is 19.9 Å². The van der Waals surface area contributed by atoms with Gasteiger partial charge in [0, 0.05) is 47.2 Å². The van der Waals surface area contributed by atoms with Crippen molar-refractivity contribution in [2.75, 3.05) is 18.5 Å². The fraction of sp³-hybridized carbons (Fsp3) is 0.294. The summed E-state index contributed by atoms with van der Waals surface area (Å²) in [7, 11) is -4.61. The van der Waals surface area contributed by atoms with Gasteiger partial charge in [-0.2, -0.15) is 13.2 Å². The Morgan fingerprint density at radius 3 is 2.45 bits per heavy atom. The first kappa shape index (κ1) is 39.2. The zero-order chi connectivity index (χ0) is 38.5. The van der Waals surface area contributed by atoms with E-state index >= 15 is 0 Å². The number of carboxylic acids is 1. The molecule has 2 amide bonds. The molecule has 19 heteroatoms. The number of phosphoric acid groups is 1. The van der Waals surface area contributed by atoms with E-state index in [-0.39, 0.29) is 51.1 Å². The van der Waals surface area contributed by atoms with E-state index in [1.165, 1.54) is 29.1 Å². The monoisotopic (exact) mass is 774 g/mol. The van der Waals surface area contributed by atoms with Gasteiger partial charge in [0.2, 0.25) is 5.43 Å². The number of hydrogen-bond acceptors (Lipinski definition) is 10. The molecule has 0 bridgehead atoms. The van der Waals surface area contributed by atoms with Crippen molar-refractivity contribution >= 4 is 48.0 Å². The Hall–Kier alpha value is -5.00. The number of thiazole rings is 1. The SMILES string of the molecule is CCNC(=O)Nc1cc(-c2nc(C(F)(F)F)cs2)c(-c2cnc3c(c2)c(=O)c(C(=O)O)cn3C(COP(=O)(O)OCc2ccccc2)CC(C)C)cn1. The Balaban J connectivity index is 1.59. The Labute approximate surface area is 304 Å². The van der Waals surface area contributed by atoms with Gasteiger partial charge in [0.05, 0.1) is 24.6 Å². The van der Waals surface area contributed by atoms with Crippen LogP contribution < -0.4 is 16.1 Å². The number of carbonyl (C=O) groups excluding carboxylic acids is 1. The average molecular weight is 775 g/mol. The van der Waals surface area contributed by atoms with E-state index in [4.69, 9.17) is 9.05 Å². The number of pyridine rings is 3. The number of nitrogens with one attached hydrogen (secondary N) is 2. The molecule has 280 valence electrons. The molecule has 0 aliphatic rings. The van der Waals surface area contributed by atoms with E-state index in [1.807, 2.05) is 13.8 Å². The number of phosphoric ester groups is 1. The van der Waals surface area contributed by atoms with E-state index in [0.29, 0.717) is 29.9 Å². The highest BCUT2D eigenvalue weighted by molar-refractivity contribution is 7.47. The molecule has 2 unspecified atom stereocenters. The molecule has 0 saturated carbocycles. The minimum Gasteiger partial charge on any atom is -0.477 e. The summed E-state index contributed by atoms with van der Waals surface area (Å²) in [6, 6.07) is 9.89. The van der Waals surface area contributed by atoms with E-state index in [1.54, 1.807) is 37.3 Å². The lowest BCUT2D eigenvalue weighted by Gasteiger charge is -2.25. The third-order valence-electron chi connectivity index (χ3n) is 7.72. The van der Waals surface area contributed by atoms with Crippen LogP contribution in [0, 0.1) is 5.92 Å². The molecule has 4 N–H and O–H groups in total. The fourth-order valence-electron chi connectivity index (χ4n) is 5.35. The van der Waals surface area contributed by atoms with Gasteiger partial charge in [0.25, 0.3) is 0 Å². The van der Waals surface area contributed by atoms with Gasteiger partial charge >= 0.3 is 26.0 Å². The Kier molecular flexibility index (Phi) is 12.1. The Bertz CT molecular complexity index is 2230. The highest BCUT2D eigenvalue weighted by atomic mass is 32.1. The summed E-state index contributed by atoms with van der Waals surface area (Å²) >= 11 is 0.692. The number of carboxylic acid groups (broad SMARTS) is 1. The van der Waals surface area contributed by atoms with Crippen LogP contribution in [0.15, 0.2) is 71.2 Å². The van der Waals surface area contributed by atoms with E-state index < -0.39 is 55.3 Å². The zero-order valence-electron chi connectivity index (χ0n) is 28.5. The molecule has 0 aliphatic heterocycles. The number of hydrogen-bond donors (Lipinski definition) is 4. The minimum absolute atomic E-state index is 0.00632. The molecule has 5 rings (SSSR count). The van der Waals surface area contributed by atoms with Crippen LogP contribution in [0.4, 0.5) is 23.8 Å². The normalized spacial score (nSPS) is 13.5. The first-order chi connectivity index (χ1) is 25.1. The number of rotatable bonds is 14. The molecular weight excluding hydrogens is 740 g/mol. The number of carbonyl (C=O) groups is 2. The number of nitrogens with zero attached hydrogens (tertiary/aromatic N) is 4. The quantitative estimate of drug-likeness (QED) is 0.0824. The number of halogens is 3. The summed E-state index contributed by atoms with van der Waals surface area (Å²) in [6.07, 6.45) is -0.773.